The second-order valence-electron chi connectivity index (χ2n) is 7.33. The van der Waals surface area contributed by atoms with Gasteiger partial charge in [0.25, 0.3) is 0 Å². The summed E-state index contributed by atoms with van der Waals surface area (Å²) in [6.45, 7) is 4.23. The molecule has 3 rings (SSSR count). The van der Waals surface area contributed by atoms with Gasteiger partial charge in [0.05, 0.1) is 39.7 Å². The van der Waals surface area contributed by atoms with E-state index in [1.165, 1.54) is 0 Å². The molecule has 1 amide bonds. The minimum Gasteiger partial charge on any atom is -0.341 e. The third kappa shape index (κ3) is 4.53. The van der Waals surface area contributed by atoms with E-state index in [0.717, 1.165) is 22.5 Å². The number of carbonyl (C=O) groups excluding carboxylic acids is 1. The van der Waals surface area contributed by atoms with Gasteiger partial charge in [0, 0.05) is 24.8 Å². The van der Waals surface area contributed by atoms with Gasteiger partial charge in [-0.15, -0.1) is 0 Å². The summed E-state index contributed by atoms with van der Waals surface area (Å²) in [6.07, 6.45) is 0.802. The van der Waals surface area contributed by atoms with Crippen LogP contribution in [0.4, 0.5) is 0 Å². The molecule has 1 fully saturated rings. The zero-order valence-electron chi connectivity index (χ0n) is 16.1. The number of hydrogen-bond acceptors (Lipinski definition) is 4. The fourth-order valence-corrected chi connectivity index (χ4v) is 5.55. The number of sulfone groups is 1. The molecule has 1 atom stereocenters. The third-order valence-electron chi connectivity index (χ3n) is 5.19. The normalized spacial score (nSPS) is 18.4. The average molecular weight is 444 g/mol. The number of hydrogen-bond donors (Lipinski definition) is 0. The van der Waals surface area contributed by atoms with Gasteiger partial charge < -0.3 is 4.90 Å². The van der Waals surface area contributed by atoms with Crippen LogP contribution in [0.1, 0.15) is 35.0 Å². The summed E-state index contributed by atoms with van der Waals surface area (Å²) in [7, 11) is -1.24. The molecule has 28 heavy (non-hydrogen) atoms. The molecule has 1 saturated heterocycles. The van der Waals surface area contributed by atoms with E-state index in [1.807, 2.05) is 18.5 Å². The van der Waals surface area contributed by atoms with Crippen LogP contribution in [0.15, 0.2) is 18.2 Å². The molecule has 1 aromatic heterocycles. The van der Waals surface area contributed by atoms with Gasteiger partial charge in [0.15, 0.2) is 9.84 Å². The van der Waals surface area contributed by atoms with Crippen LogP contribution >= 0.6 is 23.2 Å². The SMILES string of the molecule is Cc1nn([C@H]2CCS(=O)(=O)C2)c(C)c1CN(C)C(=O)Cc1ccc(Cl)c(Cl)c1. The second kappa shape index (κ2) is 8.05. The maximum Gasteiger partial charge on any atom is 0.227 e. The molecule has 6 nitrogen and oxygen atoms in total. The van der Waals surface area contributed by atoms with Crippen molar-refractivity contribution >= 4 is 38.9 Å². The molecule has 0 N–H and O–H groups in total. The van der Waals surface area contributed by atoms with Gasteiger partial charge in [-0.05, 0) is 38.0 Å². The second-order valence-corrected chi connectivity index (χ2v) is 10.4. The summed E-state index contributed by atoms with van der Waals surface area (Å²) in [5, 5.41) is 5.44. The van der Waals surface area contributed by atoms with Gasteiger partial charge in [-0.25, -0.2) is 8.42 Å². The fourth-order valence-electron chi connectivity index (χ4n) is 3.53. The number of amides is 1. The molecule has 2 heterocycles. The Balaban J connectivity index is 1.72. The lowest BCUT2D eigenvalue weighted by Gasteiger charge is -2.18. The molecule has 0 unspecified atom stereocenters. The van der Waals surface area contributed by atoms with Crippen LogP contribution in [-0.4, -0.2) is 47.6 Å². The van der Waals surface area contributed by atoms with Crippen molar-refractivity contribution in [2.24, 2.45) is 0 Å². The lowest BCUT2D eigenvalue weighted by Crippen LogP contribution is -2.28. The zero-order chi connectivity index (χ0) is 20.6. The van der Waals surface area contributed by atoms with E-state index >= 15 is 0 Å². The van der Waals surface area contributed by atoms with Crippen molar-refractivity contribution in [2.45, 2.75) is 39.3 Å². The largest absolute Gasteiger partial charge is 0.341 e. The molecule has 1 aliphatic rings. The Morgan fingerprint density at radius 2 is 2.00 bits per heavy atom. The van der Waals surface area contributed by atoms with Gasteiger partial charge in [-0.3, -0.25) is 9.48 Å². The van der Waals surface area contributed by atoms with Crippen LogP contribution in [0.5, 0.6) is 0 Å². The number of aryl methyl sites for hydroxylation is 1. The van der Waals surface area contributed by atoms with Crippen molar-refractivity contribution in [3.8, 4) is 0 Å². The molecular weight excluding hydrogens is 421 g/mol. The first-order valence-electron chi connectivity index (χ1n) is 9.00. The predicted octanol–water partition coefficient (Wildman–Crippen LogP) is 3.37. The van der Waals surface area contributed by atoms with E-state index in [0.29, 0.717) is 23.0 Å². The highest BCUT2D eigenvalue weighted by molar-refractivity contribution is 7.91. The highest BCUT2D eigenvalue weighted by Gasteiger charge is 2.31. The summed E-state index contributed by atoms with van der Waals surface area (Å²) < 4.78 is 25.4. The van der Waals surface area contributed by atoms with Gasteiger partial charge in [-0.2, -0.15) is 5.10 Å². The van der Waals surface area contributed by atoms with Crippen molar-refractivity contribution in [1.82, 2.24) is 14.7 Å². The van der Waals surface area contributed by atoms with Gasteiger partial charge >= 0.3 is 0 Å². The van der Waals surface area contributed by atoms with Gasteiger partial charge in [-0.1, -0.05) is 29.3 Å². The molecule has 9 heteroatoms. The number of likely N-dealkylation sites (N-methyl/N-ethyl adjacent to an activating group) is 1. The molecule has 0 spiro atoms. The maximum absolute atomic E-state index is 12.6. The Hall–Kier alpha value is -1.57. The zero-order valence-corrected chi connectivity index (χ0v) is 18.4. The third-order valence-corrected chi connectivity index (χ3v) is 7.68. The van der Waals surface area contributed by atoms with E-state index in [2.05, 4.69) is 5.10 Å². The number of benzene rings is 1. The smallest absolute Gasteiger partial charge is 0.227 e. The highest BCUT2D eigenvalue weighted by atomic mass is 35.5. The number of nitrogens with zero attached hydrogens (tertiary/aromatic N) is 3. The van der Waals surface area contributed by atoms with E-state index in [1.54, 1.807) is 30.1 Å². The van der Waals surface area contributed by atoms with Crippen LogP contribution < -0.4 is 0 Å². The van der Waals surface area contributed by atoms with Crippen molar-refractivity contribution in [2.75, 3.05) is 18.6 Å². The monoisotopic (exact) mass is 443 g/mol. The lowest BCUT2D eigenvalue weighted by molar-refractivity contribution is -0.129. The Morgan fingerprint density at radius 3 is 2.61 bits per heavy atom. The number of carbonyl (C=O) groups is 1. The maximum atomic E-state index is 12.6. The van der Waals surface area contributed by atoms with Crippen LogP contribution in [0.3, 0.4) is 0 Å². The Labute approximate surface area is 175 Å². The standard InChI is InChI=1S/C19H23Cl2N3O3S/c1-12-16(13(2)24(22-12)15-6-7-28(26,27)11-15)10-23(3)19(25)9-14-4-5-17(20)18(21)8-14/h4-5,8,15H,6-7,9-11H2,1-3H3/t15-/m0/s1. The average Bonchev–Trinajstić information content (AvgIpc) is 3.11. The quantitative estimate of drug-likeness (QED) is 0.709. The topological polar surface area (TPSA) is 72.3 Å². The summed E-state index contributed by atoms with van der Waals surface area (Å²) in [5.74, 6) is 0.279. The van der Waals surface area contributed by atoms with E-state index < -0.39 is 9.84 Å². The van der Waals surface area contributed by atoms with Crippen LogP contribution in [0, 0.1) is 13.8 Å². The molecular formula is C19H23Cl2N3O3S. The van der Waals surface area contributed by atoms with Crippen molar-refractivity contribution < 1.29 is 13.2 Å². The van der Waals surface area contributed by atoms with Crippen LogP contribution in [-0.2, 0) is 27.6 Å². The lowest BCUT2D eigenvalue weighted by atomic mass is 10.1. The summed E-state index contributed by atoms with van der Waals surface area (Å²) >= 11 is 11.9. The molecule has 0 aliphatic carbocycles. The molecule has 2 aromatic rings. The molecule has 1 aliphatic heterocycles. The number of halogens is 2. The van der Waals surface area contributed by atoms with Gasteiger partial charge in [0.1, 0.15) is 0 Å². The van der Waals surface area contributed by atoms with Gasteiger partial charge in [0.2, 0.25) is 5.91 Å². The molecule has 0 saturated carbocycles. The Kier molecular flexibility index (Phi) is 6.08. The first kappa shape index (κ1) is 21.1. The van der Waals surface area contributed by atoms with E-state index in [9.17, 15) is 13.2 Å². The Morgan fingerprint density at radius 1 is 1.29 bits per heavy atom. The van der Waals surface area contributed by atoms with Crippen molar-refractivity contribution in [3.05, 3.63) is 50.8 Å². The first-order chi connectivity index (χ1) is 13.1. The fraction of sp³-hybridized carbons (Fsp3) is 0.474. The highest BCUT2D eigenvalue weighted by Crippen LogP contribution is 2.27. The Bertz CT molecular complexity index is 1020. The van der Waals surface area contributed by atoms with Crippen LogP contribution in [0.25, 0.3) is 0 Å². The molecule has 152 valence electrons. The number of aromatic nitrogens is 2. The molecule has 0 radical (unpaired) electrons. The minimum absolute atomic E-state index is 0.0478. The van der Waals surface area contributed by atoms with E-state index in [-0.39, 0.29) is 29.9 Å². The minimum atomic E-state index is -2.99. The van der Waals surface area contributed by atoms with Crippen molar-refractivity contribution in [1.29, 1.82) is 0 Å². The van der Waals surface area contributed by atoms with Crippen LogP contribution in [0.2, 0.25) is 10.0 Å². The van der Waals surface area contributed by atoms with Crippen molar-refractivity contribution in [3.63, 3.8) is 0 Å². The predicted molar refractivity (Wildman–Crippen MR) is 111 cm³/mol. The summed E-state index contributed by atoms with van der Waals surface area (Å²) in [5.41, 5.74) is 3.48. The molecule has 0 bridgehead atoms. The first-order valence-corrected chi connectivity index (χ1v) is 11.6. The van der Waals surface area contributed by atoms with E-state index in [4.69, 9.17) is 23.2 Å². The molecule has 1 aromatic carbocycles. The summed E-state index contributed by atoms with van der Waals surface area (Å²) in [4.78, 5) is 14.3. The number of rotatable bonds is 5. The summed E-state index contributed by atoms with van der Waals surface area (Å²) in [6, 6.07) is 5.04.